The van der Waals surface area contributed by atoms with Gasteiger partial charge in [-0.3, -0.25) is 38.7 Å². The molecule has 8 rings (SSSR count). The molecule has 1 atom stereocenters. The van der Waals surface area contributed by atoms with Crippen molar-refractivity contribution >= 4 is 63.6 Å². The molecule has 0 bridgehead atoms. The fourth-order valence-corrected chi connectivity index (χ4v) is 8.32. The largest absolute Gasteiger partial charge is 0.376 e. The lowest BCUT2D eigenvalue weighted by Gasteiger charge is -2.36. The standard InChI is InChI=1S/C39H42N10O6/c1-22-27-19-42-39(45-35(27)49(24-6-3-4-7-24)38(55)34(22)23(2)50)43-31-12-10-25(18-41-31)46-14-16-47(17-15-46)33(52)20-40-29-9-5-8-26-28(29)21-48(37(26)54)30-11-13-32(51)44-36(30)53/h5,8-10,12,18-19,24,30,40H,3-4,6-7,11,13-17,20-21H2,1-2H3,(H,44,51,53)(H,41,42,43,45)/t30-/m1/s1. The number of hydrogen-bond acceptors (Lipinski definition) is 12. The third kappa shape index (κ3) is 6.76. The van der Waals surface area contributed by atoms with Crippen LogP contribution in [0.1, 0.15) is 83.3 Å². The van der Waals surface area contributed by atoms with Gasteiger partial charge >= 0.3 is 0 Å². The number of hydrogen-bond donors (Lipinski definition) is 3. The lowest BCUT2D eigenvalue weighted by Crippen LogP contribution is -2.52. The highest BCUT2D eigenvalue weighted by molar-refractivity contribution is 6.06. The molecule has 4 aliphatic rings. The summed E-state index contributed by atoms with van der Waals surface area (Å²) in [5, 5.41) is 9.38. The van der Waals surface area contributed by atoms with E-state index in [-0.39, 0.29) is 66.6 Å². The van der Waals surface area contributed by atoms with Crippen LogP contribution < -0.4 is 26.4 Å². The second-order valence-electron chi connectivity index (χ2n) is 14.6. The molecule has 1 aromatic carbocycles. The summed E-state index contributed by atoms with van der Waals surface area (Å²) < 4.78 is 1.69. The summed E-state index contributed by atoms with van der Waals surface area (Å²) >= 11 is 0. The number of piperazine rings is 1. The highest BCUT2D eigenvalue weighted by atomic mass is 16.2. The van der Waals surface area contributed by atoms with E-state index in [2.05, 4.69) is 30.8 Å². The normalized spacial score (nSPS) is 18.8. The number of fused-ring (bicyclic) bond motifs is 2. The van der Waals surface area contributed by atoms with Crippen molar-refractivity contribution in [2.24, 2.45) is 0 Å². The third-order valence-corrected chi connectivity index (χ3v) is 11.2. The minimum Gasteiger partial charge on any atom is -0.376 e. The number of carbonyl (C=O) groups is 5. The molecule has 16 nitrogen and oxygen atoms in total. The number of rotatable bonds is 9. The SMILES string of the molecule is CC(=O)c1c(C)c2cnc(Nc3ccc(N4CCN(C(=O)CNc5cccc6c5CN([C@@H]5CCC(=O)NC5=O)C6=O)CC4)cn3)nc2n(C2CCCC2)c1=O. The number of piperidine rings is 1. The second-order valence-corrected chi connectivity index (χ2v) is 14.6. The van der Waals surface area contributed by atoms with Gasteiger partial charge in [0.05, 0.1) is 24.0 Å². The zero-order valence-corrected chi connectivity index (χ0v) is 30.8. The molecule has 0 unspecified atom stereocenters. The lowest BCUT2D eigenvalue weighted by atomic mass is 10.0. The van der Waals surface area contributed by atoms with Crippen molar-refractivity contribution in [3.63, 3.8) is 0 Å². The molecular formula is C39H42N10O6. The van der Waals surface area contributed by atoms with Gasteiger partial charge in [0.1, 0.15) is 17.5 Å². The first-order valence-electron chi connectivity index (χ1n) is 18.8. The monoisotopic (exact) mass is 746 g/mol. The van der Waals surface area contributed by atoms with E-state index in [1.54, 1.807) is 40.9 Å². The van der Waals surface area contributed by atoms with Crippen molar-refractivity contribution in [1.29, 1.82) is 0 Å². The lowest BCUT2D eigenvalue weighted by molar-refractivity contribution is -0.137. The molecule has 0 radical (unpaired) electrons. The molecule has 4 aromatic rings. The van der Waals surface area contributed by atoms with Crippen molar-refractivity contribution in [3.05, 3.63) is 75.3 Å². The first-order chi connectivity index (χ1) is 26.6. The number of nitrogens with one attached hydrogen (secondary N) is 3. The number of pyridine rings is 2. The summed E-state index contributed by atoms with van der Waals surface area (Å²) in [5.41, 5.74) is 3.78. The fraction of sp³-hybridized carbons (Fsp3) is 0.410. The van der Waals surface area contributed by atoms with Crippen molar-refractivity contribution < 1.29 is 24.0 Å². The highest BCUT2D eigenvalue weighted by Gasteiger charge is 2.40. The van der Waals surface area contributed by atoms with Crippen LogP contribution in [0, 0.1) is 6.92 Å². The quantitative estimate of drug-likeness (QED) is 0.168. The zero-order valence-electron chi connectivity index (χ0n) is 30.8. The van der Waals surface area contributed by atoms with Crippen LogP contribution in [0.5, 0.6) is 0 Å². The van der Waals surface area contributed by atoms with Crippen LogP contribution in [-0.2, 0) is 20.9 Å². The Morgan fingerprint density at radius 3 is 2.44 bits per heavy atom. The van der Waals surface area contributed by atoms with E-state index in [1.807, 2.05) is 18.2 Å². The van der Waals surface area contributed by atoms with E-state index >= 15 is 0 Å². The molecule has 2 saturated heterocycles. The Balaban J connectivity index is 0.877. The summed E-state index contributed by atoms with van der Waals surface area (Å²) in [6, 6.07) is 8.35. The summed E-state index contributed by atoms with van der Waals surface area (Å²) in [5.74, 6) is -0.559. The maximum atomic E-state index is 13.5. The van der Waals surface area contributed by atoms with E-state index in [0.29, 0.717) is 65.8 Å². The molecule has 1 aliphatic carbocycles. The van der Waals surface area contributed by atoms with Crippen LogP contribution in [0.25, 0.3) is 11.0 Å². The van der Waals surface area contributed by atoms with Gasteiger partial charge in [-0.1, -0.05) is 18.9 Å². The van der Waals surface area contributed by atoms with Gasteiger partial charge in [-0.05, 0) is 62.9 Å². The highest BCUT2D eigenvalue weighted by Crippen LogP contribution is 2.34. The van der Waals surface area contributed by atoms with Gasteiger partial charge in [0, 0.05) is 73.6 Å². The maximum absolute atomic E-state index is 13.5. The number of imide groups is 1. The Hall–Kier alpha value is -6.19. The Morgan fingerprint density at radius 1 is 0.945 bits per heavy atom. The van der Waals surface area contributed by atoms with E-state index in [1.165, 1.54) is 11.8 Å². The molecule has 3 aromatic heterocycles. The van der Waals surface area contributed by atoms with Crippen molar-refractivity contribution in [2.45, 2.75) is 71.0 Å². The average molecular weight is 747 g/mol. The van der Waals surface area contributed by atoms with Crippen molar-refractivity contribution in [2.75, 3.05) is 48.3 Å². The molecular weight excluding hydrogens is 704 g/mol. The first kappa shape index (κ1) is 35.8. The molecule has 6 heterocycles. The van der Waals surface area contributed by atoms with Gasteiger partial charge < -0.3 is 25.3 Å². The van der Waals surface area contributed by atoms with Crippen molar-refractivity contribution in [3.8, 4) is 0 Å². The summed E-state index contributed by atoms with van der Waals surface area (Å²) in [6.07, 6.45) is 7.64. The summed E-state index contributed by atoms with van der Waals surface area (Å²) in [6.45, 7) is 5.73. The Morgan fingerprint density at radius 2 is 1.73 bits per heavy atom. The summed E-state index contributed by atoms with van der Waals surface area (Å²) in [4.78, 5) is 95.8. The van der Waals surface area contributed by atoms with Crippen molar-refractivity contribution in [1.82, 2.24) is 34.6 Å². The van der Waals surface area contributed by atoms with Gasteiger partial charge in [-0.15, -0.1) is 0 Å². The third-order valence-electron chi connectivity index (χ3n) is 11.2. The molecule has 4 amide bonds. The minimum absolute atomic E-state index is 0.0164. The minimum atomic E-state index is -0.707. The molecule has 3 aliphatic heterocycles. The molecule has 0 spiro atoms. The Bertz CT molecular complexity index is 2290. The number of nitrogens with zero attached hydrogens (tertiary/aromatic N) is 7. The first-order valence-corrected chi connectivity index (χ1v) is 18.8. The van der Waals surface area contributed by atoms with Gasteiger partial charge in [0.15, 0.2) is 5.78 Å². The molecule has 1 saturated carbocycles. The molecule has 3 N–H and O–H groups in total. The number of aromatic nitrogens is 4. The van der Waals surface area contributed by atoms with E-state index < -0.39 is 11.9 Å². The smallest absolute Gasteiger partial charge is 0.263 e. The Kier molecular flexibility index (Phi) is 9.49. The van der Waals surface area contributed by atoms with Gasteiger partial charge in [0.25, 0.3) is 11.5 Å². The number of benzene rings is 1. The predicted molar refractivity (Wildman–Crippen MR) is 203 cm³/mol. The van der Waals surface area contributed by atoms with E-state index in [4.69, 9.17) is 4.98 Å². The maximum Gasteiger partial charge on any atom is 0.263 e. The Labute approximate surface area is 316 Å². The predicted octanol–water partition coefficient (Wildman–Crippen LogP) is 3.08. The van der Waals surface area contributed by atoms with E-state index in [0.717, 1.165) is 36.9 Å². The van der Waals surface area contributed by atoms with Gasteiger partial charge in [0.2, 0.25) is 23.7 Å². The summed E-state index contributed by atoms with van der Waals surface area (Å²) in [7, 11) is 0. The number of amides is 4. The van der Waals surface area contributed by atoms with E-state index in [9.17, 15) is 28.8 Å². The fourth-order valence-electron chi connectivity index (χ4n) is 8.32. The van der Waals surface area contributed by atoms with Crippen LogP contribution in [0.3, 0.4) is 0 Å². The van der Waals surface area contributed by atoms with Crippen LogP contribution in [0.2, 0.25) is 0 Å². The second kappa shape index (κ2) is 14.6. The number of carbonyl (C=O) groups excluding carboxylic acids is 5. The van der Waals surface area contributed by atoms with Gasteiger partial charge in [-0.2, -0.15) is 4.98 Å². The number of ketones is 1. The molecule has 55 heavy (non-hydrogen) atoms. The molecule has 16 heteroatoms. The number of anilines is 4. The topological polar surface area (TPSA) is 192 Å². The van der Waals surface area contributed by atoms with Crippen LogP contribution in [0.15, 0.2) is 47.5 Å². The number of aryl methyl sites for hydroxylation is 1. The molecule has 284 valence electrons. The van der Waals surface area contributed by atoms with Gasteiger partial charge in [-0.25, -0.2) is 9.97 Å². The number of Topliss-reactive ketones (excluding diaryl/α,β-unsaturated/α-hetero) is 1. The average Bonchev–Trinajstić information content (AvgIpc) is 3.83. The van der Waals surface area contributed by atoms with Crippen LogP contribution in [0.4, 0.5) is 23.1 Å². The zero-order chi connectivity index (χ0) is 38.4. The van der Waals surface area contributed by atoms with Crippen LogP contribution in [-0.4, -0.2) is 97.5 Å². The van der Waals surface area contributed by atoms with Crippen LogP contribution >= 0.6 is 0 Å². The molecule has 3 fully saturated rings.